The van der Waals surface area contributed by atoms with Crippen molar-refractivity contribution in [1.29, 1.82) is 0 Å². The Labute approximate surface area is 121 Å². The third-order valence-electron chi connectivity index (χ3n) is 5.60. The summed E-state index contributed by atoms with van der Waals surface area (Å²) in [4.78, 5) is 4.30. The quantitative estimate of drug-likeness (QED) is 0.899. The largest absolute Gasteiger partial charge is 0.329 e. The van der Waals surface area contributed by atoms with Crippen LogP contribution in [0.3, 0.4) is 0 Å². The van der Waals surface area contributed by atoms with Crippen molar-refractivity contribution in [2.24, 2.45) is 17.6 Å². The van der Waals surface area contributed by atoms with E-state index < -0.39 is 0 Å². The van der Waals surface area contributed by atoms with Crippen molar-refractivity contribution >= 4 is 11.3 Å². The minimum Gasteiger partial charge on any atom is -0.329 e. The number of nitrogens with zero attached hydrogens (tertiary/aromatic N) is 1. The monoisotopic (exact) mass is 278 g/mol. The number of nitrogens with two attached hydrogens (primary N) is 1. The van der Waals surface area contributed by atoms with Crippen LogP contribution < -0.4 is 5.73 Å². The lowest BCUT2D eigenvalue weighted by Crippen LogP contribution is -2.58. The zero-order valence-electron chi connectivity index (χ0n) is 12.2. The lowest BCUT2D eigenvalue weighted by molar-refractivity contribution is 0.0118. The maximum atomic E-state index is 6.23. The third kappa shape index (κ3) is 2.37. The molecule has 2 nitrogen and oxygen atoms in total. The van der Waals surface area contributed by atoms with Crippen LogP contribution in [0.5, 0.6) is 0 Å². The smallest absolute Gasteiger partial charge is 0.0338 e. The van der Waals surface area contributed by atoms with E-state index in [2.05, 4.69) is 30.2 Å². The topological polar surface area (TPSA) is 29.3 Å². The number of rotatable bonds is 2. The van der Waals surface area contributed by atoms with E-state index in [-0.39, 0.29) is 5.54 Å². The van der Waals surface area contributed by atoms with Gasteiger partial charge in [-0.1, -0.05) is 13.8 Å². The second kappa shape index (κ2) is 5.19. The lowest BCUT2D eigenvalue weighted by atomic mass is 9.70. The van der Waals surface area contributed by atoms with Gasteiger partial charge in [-0.3, -0.25) is 4.90 Å². The fourth-order valence-corrected chi connectivity index (χ4v) is 4.83. The van der Waals surface area contributed by atoms with E-state index in [1.54, 1.807) is 10.4 Å². The van der Waals surface area contributed by atoms with Gasteiger partial charge >= 0.3 is 0 Å². The van der Waals surface area contributed by atoms with Gasteiger partial charge in [-0.15, -0.1) is 11.3 Å². The van der Waals surface area contributed by atoms with Crippen LogP contribution in [-0.4, -0.2) is 23.5 Å². The SMILES string of the molecule is CC1CCC(CN)(N2CCc3sccc3C2)CC1C. The van der Waals surface area contributed by atoms with E-state index in [9.17, 15) is 0 Å². The predicted octanol–water partition coefficient (Wildman–Crippen LogP) is 3.26. The summed E-state index contributed by atoms with van der Waals surface area (Å²) < 4.78 is 0. The maximum absolute atomic E-state index is 6.23. The van der Waals surface area contributed by atoms with Crippen molar-refractivity contribution in [2.45, 2.75) is 51.6 Å². The molecule has 2 aliphatic rings. The Morgan fingerprint density at radius 2 is 2.26 bits per heavy atom. The van der Waals surface area contributed by atoms with Gasteiger partial charge in [0.15, 0.2) is 0 Å². The van der Waals surface area contributed by atoms with Gasteiger partial charge in [0.2, 0.25) is 0 Å². The van der Waals surface area contributed by atoms with Crippen LogP contribution in [0.25, 0.3) is 0 Å². The molecular weight excluding hydrogens is 252 g/mol. The highest BCUT2D eigenvalue weighted by molar-refractivity contribution is 7.10. The Kier molecular flexibility index (Phi) is 3.71. The maximum Gasteiger partial charge on any atom is 0.0338 e. The summed E-state index contributed by atoms with van der Waals surface area (Å²) in [5.74, 6) is 1.67. The third-order valence-corrected chi connectivity index (χ3v) is 6.62. The van der Waals surface area contributed by atoms with Crippen LogP contribution in [0.15, 0.2) is 11.4 Å². The molecule has 0 radical (unpaired) electrons. The first kappa shape index (κ1) is 13.6. The molecule has 0 amide bonds. The van der Waals surface area contributed by atoms with E-state index in [1.807, 2.05) is 11.3 Å². The average Bonchev–Trinajstić information content (AvgIpc) is 2.89. The van der Waals surface area contributed by atoms with E-state index in [1.165, 1.54) is 32.2 Å². The number of thiophene rings is 1. The fourth-order valence-electron chi connectivity index (χ4n) is 3.94. The molecule has 2 N–H and O–H groups in total. The number of hydrogen-bond donors (Lipinski definition) is 1. The molecule has 0 bridgehead atoms. The molecule has 0 aromatic carbocycles. The zero-order chi connectivity index (χ0) is 13.5. The first-order chi connectivity index (χ1) is 9.14. The summed E-state index contributed by atoms with van der Waals surface area (Å²) in [5.41, 5.74) is 8.05. The molecule has 2 heterocycles. The Bertz CT molecular complexity index is 442. The van der Waals surface area contributed by atoms with Gasteiger partial charge in [-0.05, 0) is 54.5 Å². The number of fused-ring (bicyclic) bond motifs is 1. The van der Waals surface area contributed by atoms with Crippen LogP contribution in [-0.2, 0) is 13.0 Å². The zero-order valence-corrected chi connectivity index (χ0v) is 13.0. The van der Waals surface area contributed by atoms with Crippen molar-refractivity contribution in [1.82, 2.24) is 4.90 Å². The summed E-state index contributed by atoms with van der Waals surface area (Å²) >= 11 is 1.92. The lowest BCUT2D eigenvalue weighted by Gasteiger charge is -2.50. The molecule has 1 aromatic heterocycles. The molecule has 3 rings (SSSR count). The van der Waals surface area contributed by atoms with Crippen LogP contribution in [0, 0.1) is 11.8 Å². The second-order valence-corrected chi connectivity index (χ2v) is 7.67. The summed E-state index contributed by atoms with van der Waals surface area (Å²) in [5, 5.41) is 2.24. The first-order valence-electron chi connectivity index (χ1n) is 7.65. The van der Waals surface area contributed by atoms with Crippen LogP contribution in [0.4, 0.5) is 0 Å². The molecule has 1 aliphatic heterocycles. The van der Waals surface area contributed by atoms with Crippen LogP contribution in [0.2, 0.25) is 0 Å². The molecule has 1 aromatic rings. The van der Waals surface area contributed by atoms with Gasteiger partial charge in [0.05, 0.1) is 0 Å². The molecular formula is C16H26N2S. The van der Waals surface area contributed by atoms with Gasteiger partial charge in [0.1, 0.15) is 0 Å². The van der Waals surface area contributed by atoms with E-state index in [0.717, 1.165) is 24.9 Å². The standard InChI is InChI=1S/C16H26N2S/c1-12-3-6-16(11-17,9-13(12)2)18-7-4-15-14(10-18)5-8-19-15/h5,8,12-13H,3-4,6-7,9-11,17H2,1-2H3. The van der Waals surface area contributed by atoms with Crippen LogP contribution in [0.1, 0.15) is 43.6 Å². The summed E-state index contributed by atoms with van der Waals surface area (Å²) in [6.07, 6.45) is 5.13. The molecule has 1 saturated carbocycles. The van der Waals surface area contributed by atoms with E-state index >= 15 is 0 Å². The average molecular weight is 278 g/mol. The molecule has 1 aliphatic carbocycles. The van der Waals surface area contributed by atoms with Crippen molar-refractivity contribution in [3.63, 3.8) is 0 Å². The molecule has 3 heteroatoms. The summed E-state index contributed by atoms with van der Waals surface area (Å²) in [6, 6.07) is 2.31. The van der Waals surface area contributed by atoms with Crippen molar-refractivity contribution in [3.05, 3.63) is 21.9 Å². The van der Waals surface area contributed by atoms with Crippen molar-refractivity contribution < 1.29 is 0 Å². The van der Waals surface area contributed by atoms with Gasteiger partial charge in [-0.25, -0.2) is 0 Å². The first-order valence-corrected chi connectivity index (χ1v) is 8.53. The summed E-state index contributed by atoms with van der Waals surface area (Å²) in [6.45, 7) is 7.96. The number of hydrogen-bond acceptors (Lipinski definition) is 3. The van der Waals surface area contributed by atoms with Crippen molar-refractivity contribution in [3.8, 4) is 0 Å². The molecule has 0 spiro atoms. The predicted molar refractivity (Wildman–Crippen MR) is 82.4 cm³/mol. The highest BCUT2D eigenvalue weighted by atomic mass is 32.1. The van der Waals surface area contributed by atoms with Gasteiger partial charge < -0.3 is 5.73 Å². The Hall–Kier alpha value is -0.380. The second-order valence-electron chi connectivity index (χ2n) is 6.67. The van der Waals surface area contributed by atoms with Gasteiger partial charge in [0.25, 0.3) is 0 Å². The minimum atomic E-state index is 0.269. The molecule has 106 valence electrons. The normalized spacial score (nSPS) is 36.2. The molecule has 0 saturated heterocycles. The van der Waals surface area contributed by atoms with Gasteiger partial charge in [-0.2, -0.15) is 0 Å². The van der Waals surface area contributed by atoms with E-state index in [4.69, 9.17) is 5.73 Å². The summed E-state index contributed by atoms with van der Waals surface area (Å²) in [7, 11) is 0. The minimum absolute atomic E-state index is 0.269. The fraction of sp³-hybridized carbons (Fsp3) is 0.750. The molecule has 3 atom stereocenters. The molecule has 19 heavy (non-hydrogen) atoms. The Morgan fingerprint density at radius 3 is 3.00 bits per heavy atom. The highest BCUT2D eigenvalue weighted by Crippen LogP contribution is 2.41. The van der Waals surface area contributed by atoms with Gasteiger partial charge in [0, 0.05) is 30.1 Å². The van der Waals surface area contributed by atoms with E-state index in [0.29, 0.717) is 0 Å². The molecule has 3 unspecified atom stereocenters. The highest BCUT2D eigenvalue weighted by Gasteiger charge is 2.42. The van der Waals surface area contributed by atoms with Crippen LogP contribution >= 0.6 is 11.3 Å². The Balaban J connectivity index is 1.80. The van der Waals surface area contributed by atoms with Crippen molar-refractivity contribution in [2.75, 3.05) is 13.1 Å². The molecule has 1 fully saturated rings. The Morgan fingerprint density at radius 1 is 1.42 bits per heavy atom.